The number of nitrogens with one attached hydrogen (secondary N) is 1. The molecule has 2 rings (SSSR count). The molecule has 0 aliphatic carbocycles. The fraction of sp³-hybridized carbons (Fsp3) is 0.286. The summed E-state index contributed by atoms with van der Waals surface area (Å²) in [5.41, 5.74) is 4.36. The molecule has 0 radical (unpaired) electrons. The maximum Gasteiger partial charge on any atom is 0.341 e. The van der Waals surface area contributed by atoms with Crippen molar-refractivity contribution < 1.29 is 24.2 Å². The molecule has 0 aliphatic rings. The molecular weight excluding hydrogens is 360 g/mol. The minimum atomic E-state index is -1.04. The van der Waals surface area contributed by atoms with Gasteiger partial charge in [0.1, 0.15) is 11.5 Å². The Hall–Kier alpha value is -3.35. The first kappa shape index (κ1) is 21.0. The smallest absolute Gasteiger partial charge is 0.341 e. The highest BCUT2D eigenvalue weighted by atomic mass is 16.5. The van der Waals surface area contributed by atoms with E-state index < -0.39 is 12.6 Å². The molecule has 0 spiro atoms. The van der Waals surface area contributed by atoms with Crippen molar-refractivity contribution in [2.75, 3.05) is 13.2 Å². The van der Waals surface area contributed by atoms with Crippen LogP contribution in [0, 0.1) is 0 Å². The molecule has 2 aromatic rings. The van der Waals surface area contributed by atoms with Crippen molar-refractivity contribution in [3.63, 3.8) is 0 Å². The number of hydrazone groups is 1. The lowest BCUT2D eigenvalue weighted by Crippen LogP contribution is -2.24. The van der Waals surface area contributed by atoms with Gasteiger partial charge >= 0.3 is 5.97 Å². The van der Waals surface area contributed by atoms with Crippen LogP contribution in [0.5, 0.6) is 11.5 Å². The summed E-state index contributed by atoms with van der Waals surface area (Å²) in [5, 5.41) is 12.4. The number of carbonyl (C=O) groups is 2. The summed E-state index contributed by atoms with van der Waals surface area (Å²) in [4.78, 5) is 22.3. The number of carboxylic acids is 1. The number of ether oxygens (including phenoxy) is 2. The van der Waals surface area contributed by atoms with Crippen molar-refractivity contribution in [3.05, 3.63) is 59.7 Å². The van der Waals surface area contributed by atoms with E-state index in [-0.39, 0.29) is 17.9 Å². The van der Waals surface area contributed by atoms with Crippen molar-refractivity contribution in [1.82, 2.24) is 5.43 Å². The highest BCUT2D eigenvalue weighted by molar-refractivity contribution is 5.83. The van der Waals surface area contributed by atoms with Crippen LogP contribution in [0.2, 0.25) is 0 Å². The summed E-state index contributed by atoms with van der Waals surface area (Å²) in [5.74, 6) is -0.364. The first-order chi connectivity index (χ1) is 13.2. The zero-order valence-electron chi connectivity index (χ0n) is 16.1. The predicted octanol–water partition coefficient (Wildman–Crippen LogP) is 2.98. The first-order valence-electron chi connectivity index (χ1n) is 8.74. The van der Waals surface area contributed by atoms with Crippen LogP contribution < -0.4 is 14.9 Å². The highest BCUT2D eigenvalue weighted by Crippen LogP contribution is 2.24. The molecule has 0 atom stereocenters. The van der Waals surface area contributed by atoms with Gasteiger partial charge in [-0.15, -0.1) is 0 Å². The Morgan fingerprint density at radius 3 is 2.04 bits per heavy atom. The van der Waals surface area contributed by atoms with Gasteiger partial charge in [-0.1, -0.05) is 32.9 Å². The molecule has 0 bridgehead atoms. The molecule has 0 heterocycles. The lowest BCUT2D eigenvalue weighted by molar-refractivity contribution is -0.139. The second-order valence-electron chi connectivity index (χ2n) is 7.11. The van der Waals surface area contributed by atoms with Gasteiger partial charge in [-0.3, -0.25) is 4.79 Å². The number of benzene rings is 2. The summed E-state index contributed by atoms with van der Waals surface area (Å²) in [6.45, 7) is 5.84. The maximum absolute atomic E-state index is 11.8. The highest BCUT2D eigenvalue weighted by Gasteiger charge is 2.13. The molecule has 0 aliphatic heterocycles. The number of aliphatic carboxylic acids is 1. The summed E-state index contributed by atoms with van der Waals surface area (Å²) in [6, 6.07) is 14.3. The van der Waals surface area contributed by atoms with Crippen LogP contribution in [-0.2, 0) is 15.0 Å². The molecule has 0 saturated carbocycles. The van der Waals surface area contributed by atoms with Gasteiger partial charge in [0, 0.05) is 0 Å². The Kier molecular flexibility index (Phi) is 7.14. The number of rotatable bonds is 8. The van der Waals surface area contributed by atoms with Gasteiger partial charge in [0.25, 0.3) is 5.91 Å². The molecule has 2 N–H and O–H groups in total. The van der Waals surface area contributed by atoms with Gasteiger partial charge in [-0.2, -0.15) is 5.10 Å². The second-order valence-corrected chi connectivity index (χ2v) is 7.11. The monoisotopic (exact) mass is 384 g/mol. The van der Waals surface area contributed by atoms with Crippen LogP contribution in [0.3, 0.4) is 0 Å². The Bertz CT molecular complexity index is 821. The van der Waals surface area contributed by atoms with Gasteiger partial charge in [-0.25, -0.2) is 10.2 Å². The quantitative estimate of drug-likeness (QED) is 0.539. The van der Waals surface area contributed by atoms with E-state index in [4.69, 9.17) is 14.6 Å². The predicted molar refractivity (Wildman–Crippen MR) is 106 cm³/mol. The van der Waals surface area contributed by atoms with Crippen LogP contribution in [0.15, 0.2) is 53.6 Å². The molecule has 0 fully saturated rings. The molecule has 0 aromatic heterocycles. The van der Waals surface area contributed by atoms with E-state index in [0.717, 1.165) is 5.56 Å². The van der Waals surface area contributed by atoms with Crippen LogP contribution >= 0.6 is 0 Å². The molecule has 7 heteroatoms. The Morgan fingerprint density at radius 1 is 0.964 bits per heavy atom. The topological polar surface area (TPSA) is 97.2 Å². The lowest BCUT2D eigenvalue weighted by Gasteiger charge is -2.19. The first-order valence-corrected chi connectivity index (χ1v) is 8.74. The largest absolute Gasteiger partial charge is 0.484 e. The van der Waals surface area contributed by atoms with Gasteiger partial charge in [-0.05, 0) is 52.9 Å². The van der Waals surface area contributed by atoms with Gasteiger partial charge in [0.05, 0.1) is 6.21 Å². The average Bonchev–Trinajstić information content (AvgIpc) is 2.65. The third-order valence-electron chi connectivity index (χ3n) is 3.74. The summed E-state index contributed by atoms with van der Waals surface area (Å²) >= 11 is 0. The fourth-order valence-corrected chi connectivity index (χ4v) is 2.21. The van der Waals surface area contributed by atoms with E-state index in [1.165, 1.54) is 11.8 Å². The minimum absolute atomic E-state index is 0.0607. The third kappa shape index (κ3) is 7.11. The maximum atomic E-state index is 11.8. The van der Waals surface area contributed by atoms with E-state index in [1.54, 1.807) is 24.3 Å². The van der Waals surface area contributed by atoms with Crippen molar-refractivity contribution >= 4 is 18.1 Å². The number of hydrogen-bond donors (Lipinski definition) is 2. The molecule has 7 nitrogen and oxygen atoms in total. The standard InChI is InChI=1S/C21H24N2O5/c1-21(2,3)16-6-10-18(11-7-16)27-13-19(24)23-22-12-15-4-8-17(9-5-15)28-14-20(25)26/h4-12H,13-14H2,1-3H3,(H,23,24)(H,25,26)/b22-12-. The Morgan fingerprint density at radius 2 is 1.50 bits per heavy atom. The molecule has 0 unspecified atom stereocenters. The zero-order valence-corrected chi connectivity index (χ0v) is 16.1. The third-order valence-corrected chi connectivity index (χ3v) is 3.74. The van der Waals surface area contributed by atoms with E-state index in [0.29, 0.717) is 11.5 Å². The minimum Gasteiger partial charge on any atom is -0.484 e. The van der Waals surface area contributed by atoms with Crippen LogP contribution in [-0.4, -0.2) is 36.4 Å². The molecule has 0 saturated heterocycles. The molecule has 28 heavy (non-hydrogen) atoms. The number of nitrogens with zero attached hydrogens (tertiary/aromatic N) is 1. The van der Waals surface area contributed by atoms with Gasteiger partial charge in [0.15, 0.2) is 13.2 Å². The van der Waals surface area contributed by atoms with E-state index in [2.05, 4.69) is 31.3 Å². The molecule has 148 valence electrons. The summed E-state index contributed by atoms with van der Waals surface area (Å²) < 4.78 is 10.5. The van der Waals surface area contributed by atoms with E-state index in [1.807, 2.05) is 24.3 Å². The van der Waals surface area contributed by atoms with Crippen LogP contribution in [0.25, 0.3) is 0 Å². The van der Waals surface area contributed by atoms with E-state index in [9.17, 15) is 9.59 Å². The zero-order chi connectivity index (χ0) is 20.6. The number of carbonyl (C=O) groups excluding carboxylic acids is 1. The number of amides is 1. The molecule has 1 amide bonds. The Labute approximate surface area is 164 Å². The summed E-state index contributed by atoms with van der Waals surface area (Å²) in [6.07, 6.45) is 1.47. The lowest BCUT2D eigenvalue weighted by atomic mass is 9.87. The van der Waals surface area contributed by atoms with Crippen LogP contribution in [0.1, 0.15) is 31.9 Å². The SMILES string of the molecule is CC(C)(C)c1ccc(OCC(=O)N/N=C\c2ccc(OCC(=O)O)cc2)cc1. The fourth-order valence-electron chi connectivity index (χ4n) is 2.21. The Balaban J connectivity index is 1.76. The van der Waals surface area contributed by atoms with Crippen LogP contribution in [0.4, 0.5) is 0 Å². The molecule has 2 aromatic carbocycles. The van der Waals surface area contributed by atoms with E-state index >= 15 is 0 Å². The van der Waals surface area contributed by atoms with Crippen molar-refractivity contribution in [2.24, 2.45) is 5.10 Å². The van der Waals surface area contributed by atoms with Gasteiger partial charge < -0.3 is 14.6 Å². The van der Waals surface area contributed by atoms with Gasteiger partial charge in [0.2, 0.25) is 0 Å². The number of carboxylic acid groups (broad SMARTS) is 1. The van der Waals surface area contributed by atoms with Crippen molar-refractivity contribution in [1.29, 1.82) is 0 Å². The van der Waals surface area contributed by atoms with Crippen molar-refractivity contribution in [3.8, 4) is 11.5 Å². The van der Waals surface area contributed by atoms with Crippen molar-refractivity contribution in [2.45, 2.75) is 26.2 Å². The normalized spacial score (nSPS) is 11.2. The molecular formula is C21H24N2O5. The number of hydrogen-bond acceptors (Lipinski definition) is 5. The average molecular weight is 384 g/mol. The summed E-state index contributed by atoms with van der Waals surface area (Å²) in [7, 11) is 0. The second kappa shape index (κ2) is 9.55.